The van der Waals surface area contributed by atoms with Crippen LogP contribution in [0.5, 0.6) is 0 Å². The largest absolute Gasteiger partial charge is 0.361 e. The molecule has 1 aromatic carbocycles. The summed E-state index contributed by atoms with van der Waals surface area (Å²) >= 11 is 11.7. The van der Waals surface area contributed by atoms with Crippen LogP contribution in [0.15, 0.2) is 30.5 Å². The minimum atomic E-state index is -0.371. The Labute approximate surface area is 112 Å². The number of hydrogen-bond donors (Lipinski definition) is 1. The number of rotatable bonds is 3. The van der Waals surface area contributed by atoms with Crippen LogP contribution in [0, 0.1) is 5.41 Å². The molecule has 0 atom stereocenters. The zero-order chi connectivity index (χ0) is 13.1. The highest BCUT2D eigenvalue weighted by Gasteiger charge is 2.17. The van der Waals surface area contributed by atoms with Crippen molar-refractivity contribution in [2.45, 2.75) is 20.8 Å². The minimum absolute atomic E-state index is 0.0538. The zero-order valence-corrected chi connectivity index (χ0v) is 11.6. The fourth-order valence-corrected chi connectivity index (χ4v) is 1.63. The molecule has 0 aliphatic rings. The molecule has 0 aliphatic heterocycles. The first-order valence-electron chi connectivity index (χ1n) is 5.22. The summed E-state index contributed by atoms with van der Waals surface area (Å²) in [5.41, 5.74) is 0.380. The lowest BCUT2D eigenvalue weighted by Gasteiger charge is -2.13. The summed E-state index contributed by atoms with van der Waals surface area (Å²) < 4.78 is 0. The maximum absolute atomic E-state index is 11.6. The fraction of sp³-hybridized carbons (Fsp3) is 0.308. The molecule has 0 aromatic heterocycles. The molecule has 0 saturated heterocycles. The summed E-state index contributed by atoms with van der Waals surface area (Å²) in [6.45, 7) is 5.61. The minimum Gasteiger partial charge on any atom is -0.361 e. The monoisotopic (exact) mass is 271 g/mol. The van der Waals surface area contributed by atoms with Gasteiger partial charge in [-0.3, -0.25) is 4.79 Å². The van der Waals surface area contributed by atoms with E-state index in [2.05, 4.69) is 5.32 Å². The first kappa shape index (κ1) is 14.1. The van der Waals surface area contributed by atoms with Gasteiger partial charge in [0, 0.05) is 27.3 Å². The van der Waals surface area contributed by atoms with E-state index in [1.165, 1.54) is 6.08 Å². The lowest BCUT2D eigenvalue weighted by atomic mass is 9.91. The third-order valence-electron chi connectivity index (χ3n) is 2.09. The molecule has 1 N–H and O–H groups in total. The van der Waals surface area contributed by atoms with Gasteiger partial charge in [-0.2, -0.15) is 0 Å². The van der Waals surface area contributed by atoms with Gasteiger partial charge in [0.05, 0.1) is 0 Å². The highest BCUT2D eigenvalue weighted by atomic mass is 35.5. The number of nitrogens with one attached hydrogen (secondary N) is 1. The average Bonchev–Trinajstić information content (AvgIpc) is 2.14. The standard InChI is InChI=1S/C13H15Cl2NO/c1-13(2,3)12(17)4-5-16-11-7-9(14)6-10(15)8-11/h4-8,16H,1-3H3/b5-4+. The highest BCUT2D eigenvalue weighted by molar-refractivity contribution is 6.35. The Hall–Kier alpha value is -0.990. The Kier molecular flexibility index (Phi) is 4.61. The Morgan fingerprint density at radius 3 is 2.18 bits per heavy atom. The van der Waals surface area contributed by atoms with Crippen molar-refractivity contribution in [2.24, 2.45) is 5.41 Å². The van der Waals surface area contributed by atoms with Crippen LogP contribution in [0.2, 0.25) is 10.0 Å². The molecular formula is C13H15Cl2NO. The van der Waals surface area contributed by atoms with Crippen molar-refractivity contribution < 1.29 is 4.79 Å². The van der Waals surface area contributed by atoms with E-state index in [1.807, 2.05) is 20.8 Å². The van der Waals surface area contributed by atoms with Crippen molar-refractivity contribution in [2.75, 3.05) is 5.32 Å². The van der Waals surface area contributed by atoms with Gasteiger partial charge in [-0.15, -0.1) is 0 Å². The first-order valence-corrected chi connectivity index (χ1v) is 5.98. The Morgan fingerprint density at radius 2 is 1.71 bits per heavy atom. The summed E-state index contributed by atoms with van der Waals surface area (Å²) in [4.78, 5) is 11.6. The van der Waals surface area contributed by atoms with Gasteiger partial charge < -0.3 is 5.32 Å². The van der Waals surface area contributed by atoms with Crippen LogP contribution >= 0.6 is 23.2 Å². The molecule has 0 saturated carbocycles. The maximum Gasteiger partial charge on any atom is 0.162 e. The second-order valence-electron chi connectivity index (χ2n) is 4.75. The Balaban J connectivity index is 2.68. The van der Waals surface area contributed by atoms with E-state index in [4.69, 9.17) is 23.2 Å². The van der Waals surface area contributed by atoms with E-state index in [-0.39, 0.29) is 11.2 Å². The second-order valence-corrected chi connectivity index (χ2v) is 5.62. The van der Waals surface area contributed by atoms with Gasteiger partial charge >= 0.3 is 0 Å². The number of benzene rings is 1. The van der Waals surface area contributed by atoms with Gasteiger partial charge in [-0.1, -0.05) is 44.0 Å². The number of allylic oxidation sites excluding steroid dienone is 1. The molecule has 0 amide bonds. The van der Waals surface area contributed by atoms with E-state index in [1.54, 1.807) is 24.4 Å². The molecule has 92 valence electrons. The SMILES string of the molecule is CC(C)(C)C(=O)/C=C/Nc1cc(Cl)cc(Cl)c1. The van der Waals surface area contributed by atoms with E-state index in [9.17, 15) is 4.79 Å². The molecule has 0 spiro atoms. The number of hydrogen-bond acceptors (Lipinski definition) is 2. The van der Waals surface area contributed by atoms with Crippen LogP contribution < -0.4 is 5.32 Å². The maximum atomic E-state index is 11.6. The molecule has 2 nitrogen and oxygen atoms in total. The van der Waals surface area contributed by atoms with Crippen molar-refractivity contribution in [1.29, 1.82) is 0 Å². The molecule has 0 heterocycles. The van der Waals surface area contributed by atoms with Crippen LogP contribution in [0.4, 0.5) is 5.69 Å². The van der Waals surface area contributed by atoms with Crippen LogP contribution in [0.1, 0.15) is 20.8 Å². The summed E-state index contributed by atoms with van der Waals surface area (Å²) in [6.07, 6.45) is 3.10. The van der Waals surface area contributed by atoms with E-state index in [0.717, 1.165) is 5.69 Å². The third kappa shape index (κ3) is 4.80. The van der Waals surface area contributed by atoms with Crippen molar-refractivity contribution in [3.8, 4) is 0 Å². The van der Waals surface area contributed by atoms with Crippen molar-refractivity contribution in [3.63, 3.8) is 0 Å². The molecule has 1 rings (SSSR count). The lowest BCUT2D eigenvalue weighted by molar-refractivity contribution is -0.121. The molecular weight excluding hydrogens is 257 g/mol. The van der Waals surface area contributed by atoms with E-state index >= 15 is 0 Å². The summed E-state index contributed by atoms with van der Waals surface area (Å²) in [5.74, 6) is 0.0538. The van der Waals surface area contributed by atoms with Crippen LogP contribution in [-0.4, -0.2) is 5.78 Å². The summed E-state index contributed by atoms with van der Waals surface area (Å²) in [5, 5.41) is 4.06. The smallest absolute Gasteiger partial charge is 0.162 e. The molecule has 0 unspecified atom stereocenters. The first-order chi connectivity index (χ1) is 7.79. The number of carbonyl (C=O) groups is 1. The van der Waals surface area contributed by atoms with Gasteiger partial charge in [-0.25, -0.2) is 0 Å². The van der Waals surface area contributed by atoms with Crippen molar-refractivity contribution >= 4 is 34.7 Å². The molecule has 0 fully saturated rings. The lowest BCUT2D eigenvalue weighted by Crippen LogP contribution is -2.17. The number of ketones is 1. The predicted molar refractivity (Wildman–Crippen MR) is 73.7 cm³/mol. The van der Waals surface area contributed by atoms with Gasteiger partial charge in [0.1, 0.15) is 0 Å². The van der Waals surface area contributed by atoms with Gasteiger partial charge in [0.25, 0.3) is 0 Å². The highest BCUT2D eigenvalue weighted by Crippen LogP contribution is 2.22. The van der Waals surface area contributed by atoms with E-state index < -0.39 is 0 Å². The van der Waals surface area contributed by atoms with E-state index in [0.29, 0.717) is 10.0 Å². The predicted octanol–water partition coefficient (Wildman–Crippen LogP) is 4.53. The van der Waals surface area contributed by atoms with Crippen LogP contribution in [0.3, 0.4) is 0 Å². The van der Waals surface area contributed by atoms with Gasteiger partial charge in [0.15, 0.2) is 5.78 Å². The number of anilines is 1. The molecule has 17 heavy (non-hydrogen) atoms. The quantitative estimate of drug-likeness (QED) is 0.819. The summed E-state index contributed by atoms with van der Waals surface area (Å²) in [7, 11) is 0. The number of halogens is 2. The Morgan fingerprint density at radius 1 is 1.18 bits per heavy atom. The molecule has 1 aromatic rings. The third-order valence-corrected chi connectivity index (χ3v) is 2.52. The van der Waals surface area contributed by atoms with Crippen LogP contribution in [-0.2, 0) is 4.79 Å². The molecule has 4 heteroatoms. The fourth-order valence-electron chi connectivity index (χ4n) is 1.10. The van der Waals surface area contributed by atoms with Crippen molar-refractivity contribution in [3.05, 3.63) is 40.5 Å². The molecule has 0 bridgehead atoms. The Bertz CT molecular complexity index is 427. The van der Waals surface area contributed by atoms with Crippen molar-refractivity contribution in [1.82, 2.24) is 0 Å². The van der Waals surface area contributed by atoms with Gasteiger partial charge in [0.2, 0.25) is 0 Å². The molecule has 0 aliphatic carbocycles. The number of carbonyl (C=O) groups excluding carboxylic acids is 1. The average molecular weight is 272 g/mol. The zero-order valence-electron chi connectivity index (χ0n) is 10.1. The van der Waals surface area contributed by atoms with Gasteiger partial charge in [-0.05, 0) is 24.3 Å². The normalized spacial score (nSPS) is 11.8. The molecule has 0 radical (unpaired) electrons. The van der Waals surface area contributed by atoms with Crippen LogP contribution in [0.25, 0.3) is 0 Å². The topological polar surface area (TPSA) is 29.1 Å². The summed E-state index contributed by atoms with van der Waals surface area (Å²) in [6, 6.07) is 5.12. The second kappa shape index (κ2) is 5.56.